The van der Waals surface area contributed by atoms with Gasteiger partial charge in [-0.25, -0.2) is 0 Å². The van der Waals surface area contributed by atoms with Crippen molar-refractivity contribution < 1.29 is 4.43 Å². The van der Waals surface area contributed by atoms with Gasteiger partial charge in [0.05, 0.1) is 6.10 Å². The van der Waals surface area contributed by atoms with Crippen LogP contribution in [0.1, 0.15) is 38.2 Å². The summed E-state index contributed by atoms with van der Waals surface area (Å²) in [5, 5.41) is 0. The number of hydrogen-bond acceptors (Lipinski definition) is 1. The van der Waals surface area contributed by atoms with E-state index in [0.29, 0.717) is 0 Å². The van der Waals surface area contributed by atoms with Gasteiger partial charge in [0.25, 0.3) is 0 Å². The van der Waals surface area contributed by atoms with Crippen LogP contribution in [-0.2, 0) is 10.5 Å². The fourth-order valence-electron chi connectivity index (χ4n) is 2.36. The second kappa shape index (κ2) is 8.34. The van der Waals surface area contributed by atoms with Crippen LogP contribution in [0.4, 0.5) is 0 Å². The van der Waals surface area contributed by atoms with Crippen LogP contribution >= 0.6 is 0 Å². The molecule has 0 saturated carbocycles. The highest BCUT2D eigenvalue weighted by Crippen LogP contribution is 2.18. The van der Waals surface area contributed by atoms with Gasteiger partial charge in [0.1, 0.15) is 0 Å². The van der Waals surface area contributed by atoms with Gasteiger partial charge in [-0.15, -0.1) is 6.58 Å². The predicted octanol–water partition coefficient (Wildman–Crippen LogP) is 5.12. The molecule has 0 fully saturated rings. The van der Waals surface area contributed by atoms with Crippen LogP contribution in [0.3, 0.4) is 0 Å². The Morgan fingerprint density at radius 2 is 1.89 bits per heavy atom. The summed E-state index contributed by atoms with van der Waals surface area (Å²) < 4.78 is 6.36. The van der Waals surface area contributed by atoms with E-state index in [1.54, 1.807) is 0 Å². The summed E-state index contributed by atoms with van der Waals surface area (Å²) in [7, 11) is -1.66. The molecule has 0 aliphatic carbocycles. The topological polar surface area (TPSA) is 9.23 Å². The smallest absolute Gasteiger partial charge is 0.191 e. The minimum Gasteiger partial charge on any atom is -0.411 e. The van der Waals surface area contributed by atoms with E-state index in [0.717, 1.165) is 12.5 Å². The molecule has 0 N–H and O–H groups in total. The van der Waals surface area contributed by atoms with Gasteiger partial charge in [-0.05, 0) is 31.1 Å². The maximum absolute atomic E-state index is 6.36. The maximum Gasteiger partial charge on any atom is 0.191 e. The average molecular weight is 276 g/mol. The van der Waals surface area contributed by atoms with Crippen molar-refractivity contribution in [3.63, 3.8) is 0 Å². The first-order valence-electron chi connectivity index (χ1n) is 7.41. The van der Waals surface area contributed by atoms with Crippen molar-refractivity contribution in [2.24, 2.45) is 0 Å². The van der Waals surface area contributed by atoms with Crippen LogP contribution in [-0.4, -0.2) is 14.4 Å². The van der Waals surface area contributed by atoms with E-state index < -0.39 is 8.32 Å². The molecule has 0 aliphatic rings. The third kappa shape index (κ3) is 6.74. The van der Waals surface area contributed by atoms with Crippen molar-refractivity contribution in [1.29, 1.82) is 0 Å². The fraction of sp³-hybridized carbons (Fsp3) is 0.529. The van der Waals surface area contributed by atoms with E-state index in [4.69, 9.17) is 4.43 Å². The monoisotopic (exact) mass is 276 g/mol. The van der Waals surface area contributed by atoms with Gasteiger partial charge in [-0.2, -0.15) is 0 Å². The molecule has 0 spiro atoms. The molecule has 1 rings (SSSR count). The van der Waals surface area contributed by atoms with Gasteiger partial charge in [-0.3, -0.25) is 0 Å². The lowest BCUT2D eigenvalue weighted by atomic mass is 10.1. The highest BCUT2D eigenvalue weighted by Gasteiger charge is 2.25. The average Bonchev–Trinajstić information content (AvgIpc) is 2.38. The summed E-state index contributed by atoms with van der Waals surface area (Å²) in [6.45, 7) is 10.8. The highest BCUT2D eigenvalue weighted by atomic mass is 28.4. The molecule has 19 heavy (non-hydrogen) atoms. The molecular weight excluding hydrogens is 248 g/mol. The van der Waals surface area contributed by atoms with Crippen LogP contribution in [0.5, 0.6) is 0 Å². The summed E-state index contributed by atoms with van der Waals surface area (Å²) in [6.07, 6.45) is 7.11. The Kier molecular flexibility index (Phi) is 7.10. The molecule has 1 aromatic carbocycles. The standard InChI is InChI=1S/C17H28OSi/c1-5-7-9-14-17(6-2)18-19(3,4)15-16-12-10-8-11-13-16/h6,8,10-13,17H,2,5,7,9,14-15H2,1,3-4H3. The molecule has 0 aromatic heterocycles. The minimum absolute atomic E-state index is 0.233. The van der Waals surface area contributed by atoms with E-state index in [9.17, 15) is 0 Å². The predicted molar refractivity (Wildman–Crippen MR) is 86.8 cm³/mol. The fourth-order valence-corrected chi connectivity index (χ4v) is 4.70. The number of benzene rings is 1. The molecule has 1 unspecified atom stereocenters. The van der Waals surface area contributed by atoms with Crippen molar-refractivity contribution in [2.45, 2.75) is 57.8 Å². The number of unbranched alkanes of at least 4 members (excludes halogenated alkanes) is 2. The molecule has 0 heterocycles. The molecular formula is C17H28OSi. The molecule has 0 bridgehead atoms. The summed E-state index contributed by atoms with van der Waals surface area (Å²) in [5.41, 5.74) is 1.38. The van der Waals surface area contributed by atoms with Gasteiger partial charge >= 0.3 is 0 Å². The largest absolute Gasteiger partial charge is 0.411 e. The van der Waals surface area contributed by atoms with Crippen LogP contribution < -0.4 is 0 Å². The first kappa shape index (κ1) is 16.2. The molecule has 1 nitrogen and oxygen atoms in total. The molecule has 0 aliphatic heterocycles. The maximum atomic E-state index is 6.36. The van der Waals surface area contributed by atoms with Crippen LogP contribution in [0, 0.1) is 0 Å². The third-order valence-electron chi connectivity index (χ3n) is 3.30. The van der Waals surface area contributed by atoms with Crippen LogP contribution in [0.15, 0.2) is 43.0 Å². The molecule has 0 radical (unpaired) electrons. The lowest BCUT2D eigenvalue weighted by Crippen LogP contribution is -2.37. The van der Waals surface area contributed by atoms with Gasteiger partial charge in [0, 0.05) is 0 Å². The molecule has 0 saturated heterocycles. The molecule has 1 aromatic rings. The van der Waals surface area contributed by atoms with Crippen molar-refractivity contribution in [3.05, 3.63) is 48.6 Å². The van der Waals surface area contributed by atoms with E-state index in [1.807, 2.05) is 6.08 Å². The lowest BCUT2D eigenvalue weighted by Gasteiger charge is -2.28. The zero-order valence-corrected chi connectivity index (χ0v) is 13.7. The van der Waals surface area contributed by atoms with Gasteiger partial charge < -0.3 is 4.43 Å². The van der Waals surface area contributed by atoms with Crippen molar-refractivity contribution in [2.75, 3.05) is 0 Å². The highest BCUT2D eigenvalue weighted by molar-refractivity contribution is 6.70. The van der Waals surface area contributed by atoms with Crippen molar-refractivity contribution in [3.8, 4) is 0 Å². The molecule has 106 valence electrons. The Labute approximate surface area is 119 Å². The van der Waals surface area contributed by atoms with E-state index in [-0.39, 0.29) is 6.10 Å². The quantitative estimate of drug-likeness (QED) is 0.345. The van der Waals surface area contributed by atoms with Gasteiger partial charge in [0.15, 0.2) is 8.32 Å². The summed E-state index contributed by atoms with van der Waals surface area (Å²) in [5.74, 6) is 0. The minimum atomic E-state index is -1.66. The molecule has 2 heteroatoms. The molecule has 0 amide bonds. The van der Waals surface area contributed by atoms with Crippen molar-refractivity contribution in [1.82, 2.24) is 0 Å². The Morgan fingerprint density at radius 1 is 1.21 bits per heavy atom. The second-order valence-electron chi connectivity index (χ2n) is 5.81. The Morgan fingerprint density at radius 3 is 2.47 bits per heavy atom. The van der Waals surface area contributed by atoms with Gasteiger partial charge in [-0.1, -0.05) is 62.6 Å². The Bertz CT molecular complexity index is 359. The molecule has 1 atom stereocenters. The summed E-state index contributed by atoms with van der Waals surface area (Å²) in [6, 6.07) is 11.7. The first-order valence-corrected chi connectivity index (χ1v) is 10.5. The van der Waals surface area contributed by atoms with Crippen LogP contribution in [0.25, 0.3) is 0 Å². The van der Waals surface area contributed by atoms with Gasteiger partial charge in [0.2, 0.25) is 0 Å². The lowest BCUT2D eigenvalue weighted by molar-refractivity contribution is 0.223. The zero-order chi connectivity index (χ0) is 14.1. The van der Waals surface area contributed by atoms with E-state index in [1.165, 1.54) is 24.8 Å². The number of rotatable bonds is 9. The Hall–Kier alpha value is -0.863. The normalized spacial score (nSPS) is 13.2. The van der Waals surface area contributed by atoms with E-state index in [2.05, 4.69) is 56.9 Å². The summed E-state index contributed by atoms with van der Waals surface area (Å²) >= 11 is 0. The summed E-state index contributed by atoms with van der Waals surface area (Å²) in [4.78, 5) is 0. The van der Waals surface area contributed by atoms with Crippen molar-refractivity contribution >= 4 is 8.32 Å². The number of hydrogen-bond donors (Lipinski definition) is 0. The van der Waals surface area contributed by atoms with Crippen LogP contribution in [0.2, 0.25) is 13.1 Å². The third-order valence-corrected chi connectivity index (χ3v) is 5.50. The second-order valence-corrected chi connectivity index (χ2v) is 9.92. The van der Waals surface area contributed by atoms with E-state index >= 15 is 0 Å². The zero-order valence-electron chi connectivity index (χ0n) is 12.7. The first-order chi connectivity index (χ1) is 9.07. The SMILES string of the molecule is C=CC(CCCCC)O[Si](C)(C)Cc1ccccc1. The Balaban J connectivity index is 2.49.